The average Bonchev–Trinajstić information content (AvgIpc) is 3.21. The fourth-order valence-corrected chi connectivity index (χ4v) is 4.34. The molecule has 1 aliphatic rings. The second-order valence-corrected chi connectivity index (χ2v) is 10.2. The van der Waals surface area contributed by atoms with Gasteiger partial charge in [0, 0.05) is 43.8 Å². The van der Waals surface area contributed by atoms with Crippen molar-refractivity contribution < 1.29 is 31.9 Å². The minimum Gasteiger partial charge on any atom is -0.444 e. The standard InChI is InChI=1S/C25H28ClF4N3O3/c1-24(2,3)36-23(35)33-13-20(15-6-8-18(27)9-7-15)21(14-33)32(5)22(34)31(4)19-11-16(25(28,29)30)10-17(26)12-19/h6-12,20-21H,13-14H2,1-5H3/t20-,21+/m0/s1. The molecule has 1 fully saturated rings. The Hall–Kier alpha value is -3.01. The largest absolute Gasteiger partial charge is 0.444 e. The number of amides is 3. The van der Waals surface area contributed by atoms with Crippen LogP contribution in [0.4, 0.5) is 32.8 Å². The van der Waals surface area contributed by atoms with Crippen LogP contribution in [0.5, 0.6) is 0 Å². The van der Waals surface area contributed by atoms with Crippen molar-refractivity contribution >= 4 is 29.4 Å². The molecule has 36 heavy (non-hydrogen) atoms. The van der Waals surface area contributed by atoms with Gasteiger partial charge in [-0.25, -0.2) is 14.0 Å². The van der Waals surface area contributed by atoms with Crippen molar-refractivity contribution in [1.82, 2.24) is 9.80 Å². The van der Waals surface area contributed by atoms with E-state index in [1.807, 2.05) is 0 Å². The third kappa shape index (κ3) is 6.40. The molecule has 11 heteroatoms. The van der Waals surface area contributed by atoms with E-state index in [2.05, 4.69) is 0 Å². The van der Waals surface area contributed by atoms with Crippen LogP contribution in [0.1, 0.15) is 37.8 Å². The summed E-state index contributed by atoms with van der Waals surface area (Å²) in [7, 11) is 2.85. The lowest BCUT2D eigenvalue weighted by Crippen LogP contribution is -2.48. The lowest BCUT2D eigenvalue weighted by Gasteiger charge is -2.33. The first-order valence-electron chi connectivity index (χ1n) is 11.2. The predicted molar refractivity (Wildman–Crippen MR) is 129 cm³/mol. The van der Waals surface area contributed by atoms with E-state index in [1.165, 1.54) is 42.1 Å². The monoisotopic (exact) mass is 529 g/mol. The van der Waals surface area contributed by atoms with Crippen LogP contribution in [0.3, 0.4) is 0 Å². The molecule has 1 heterocycles. The molecular formula is C25H28ClF4N3O3. The number of ether oxygens (including phenoxy) is 1. The summed E-state index contributed by atoms with van der Waals surface area (Å²) in [6.07, 6.45) is -5.20. The average molecular weight is 530 g/mol. The maximum atomic E-state index is 13.5. The SMILES string of the molecule is CN(C(=O)N(C)[C@@H]1CN(C(=O)OC(C)(C)C)C[C@H]1c1ccc(F)cc1)c1cc(Cl)cc(C(F)(F)F)c1. The molecule has 2 aromatic carbocycles. The van der Waals surface area contributed by atoms with Crippen LogP contribution in [0.2, 0.25) is 5.02 Å². The van der Waals surface area contributed by atoms with Gasteiger partial charge in [0.15, 0.2) is 0 Å². The zero-order valence-electron chi connectivity index (χ0n) is 20.6. The number of rotatable bonds is 3. The number of alkyl halides is 3. The van der Waals surface area contributed by atoms with Gasteiger partial charge in [0.2, 0.25) is 0 Å². The Morgan fingerprint density at radius 3 is 2.19 bits per heavy atom. The fraction of sp³-hybridized carbons (Fsp3) is 0.440. The normalized spacial score (nSPS) is 18.2. The number of anilines is 1. The number of benzene rings is 2. The van der Waals surface area contributed by atoms with E-state index < -0.39 is 41.3 Å². The summed E-state index contributed by atoms with van der Waals surface area (Å²) in [5.74, 6) is -0.812. The highest BCUT2D eigenvalue weighted by atomic mass is 35.5. The number of hydrogen-bond donors (Lipinski definition) is 0. The molecule has 2 aromatic rings. The van der Waals surface area contributed by atoms with E-state index in [-0.39, 0.29) is 29.7 Å². The van der Waals surface area contributed by atoms with Crippen LogP contribution in [-0.2, 0) is 10.9 Å². The second kappa shape index (κ2) is 10.2. The number of carbonyl (C=O) groups is 2. The molecule has 0 radical (unpaired) electrons. The van der Waals surface area contributed by atoms with Gasteiger partial charge >= 0.3 is 18.3 Å². The van der Waals surface area contributed by atoms with Gasteiger partial charge in [0.05, 0.1) is 11.6 Å². The van der Waals surface area contributed by atoms with Crippen molar-refractivity contribution in [2.45, 2.75) is 44.5 Å². The van der Waals surface area contributed by atoms with E-state index in [0.29, 0.717) is 5.56 Å². The van der Waals surface area contributed by atoms with Gasteiger partial charge < -0.3 is 14.5 Å². The van der Waals surface area contributed by atoms with Crippen molar-refractivity contribution in [2.24, 2.45) is 0 Å². The van der Waals surface area contributed by atoms with Gasteiger partial charge in [-0.1, -0.05) is 23.7 Å². The molecule has 1 saturated heterocycles. The first-order chi connectivity index (χ1) is 16.6. The van der Waals surface area contributed by atoms with Gasteiger partial charge in [-0.3, -0.25) is 4.90 Å². The zero-order valence-corrected chi connectivity index (χ0v) is 21.3. The highest BCUT2D eigenvalue weighted by molar-refractivity contribution is 6.31. The molecule has 0 aliphatic carbocycles. The number of nitrogens with zero attached hydrogens (tertiary/aromatic N) is 3. The first kappa shape index (κ1) is 27.6. The van der Waals surface area contributed by atoms with Crippen molar-refractivity contribution in [3.05, 3.63) is 64.4 Å². The van der Waals surface area contributed by atoms with Gasteiger partial charge in [0.1, 0.15) is 11.4 Å². The Balaban J connectivity index is 1.90. The maximum Gasteiger partial charge on any atom is 0.416 e. The topological polar surface area (TPSA) is 53.1 Å². The van der Waals surface area contributed by atoms with E-state index in [4.69, 9.17) is 16.3 Å². The minimum absolute atomic E-state index is 0.0352. The molecule has 2 atom stereocenters. The Labute approximate surface area is 212 Å². The van der Waals surface area contributed by atoms with E-state index >= 15 is 0 Å². The van der Waals surface area contributed by atoms with Crippen LogP contribution in [0.15, 0.2) is 42.5 Å². The lowest BCUT2D eigenvalue weighted by atomic mass is 9.93. The molecule has 1 aliphatic heterocycles. The fourth-order valence-electron chi connectivity index (χ4n) is 4.11. The predicted octanol–water partition coefficient (Wildman–Crippen LogP) is 6.39. The summed E-state index contributed by atoms with van der Waals surface area (Å²) in [5.41, 5.74) is -1.04. The molecule has 0 bridgehead atoms. The molecular weight excluding hydrogens is 502 g/mol. The lowest BCUT2D eigenvalue weighted by molar-refractivity contribution is -0.137. The van der Waals surface area contributed by atoms with Crippen LogP contribution < -0.4 is 4.90 Å². The highest BCUT2D eigenvalue weighted by Crippen LogP contribution is 2.36. The quantitative estimate of drug-likeness (QED) is 0.433. The summed E-state index contributed by atoms with van der Waals surface area (Å²) in [5, 5.41) is -0.164. The number of urea groups is 1. The summed E-state index contributed by atoms with van der Waals surface area (Å²) in [4.78, 5) is 30.0. The molecule has 6 nitrogen and oxygen atoms in total. The van der Waals surface area contributed by atoms with Crippen LogP contribution in [-0.4, -0.2) is 60.8 Å². The van der Waals surface area contributed by atoms with Gasteiger partial charge in [-0.05, 0) is 56.7 Å². The smallest absolute Gasteiger partial charge is 0.416 e. The van der Waals surface area contributed by atoms with Gasteiger partial charge in [-0.15, -0.1) is 0 Å². The molecule has 0 unspecified atom stereocenters. The van der Waals surface area contributed by atoms with E-state index in [1.54, 1.807) is 32.9 Å². The molecule has 196 valence electrons. The van der Waals surface area contributed by atoms with E-state index in [0.717, 1.165) is 17.0 Å². The second-order valence-electron chi connectivity index (χ2n) is 9.76. The van der Waals surface area contributed by atoms with Crippen LogP contribution >= 0.6 is 11.6 Å². The summed E-state index contributed by atoms with van der Waals surface area (Å²) in [6.45, 7) is 5.54. The number of carbonyl (C=O) groups excluding carboxylic acids is 2. The Kier molecular flexibility index (Phi) is 7.78. The number of likely N-dealkylation sites (tertiary alicyclic amines) is 1. The molecule has 3 amide bonds. The number of likely N-dealkylation sites (N-methyl/N-ethyl adjacent to an activating group) is 1. The van der Waals surface area contributed by atoms with Crippen molar-refractivity contribution in [1.29, 1.82) is 0 Å². The maximum absolute atomic E-state index is 13.5. The van der Waals surface area contributed by atoms with E-state index in [9.17, 15) is 27.2 Å². The highest BCUT2D eigenvalue weighted by Gasteiger charge is 2.42. The van der Waals surface area contributed by atoms with Crippen molar-refractivity contribution in [2.75, 3.05) is 32.1 Å². The molecule has 0 saturated carbocycles. The third-order valence-corrected chi connectivity index (χ3v) is 6.14. The molecule has 0 N–H and O–H groups in total. The third-order valence-electron chi connectivity index (χ3n) is 5.92. The Bertz CT molecular complexity index is 1120. The summed E-state index contributed by atoms with van der Waals surface area (Å²) < 4.78 is 58.8. The van der Waals surface area contributed by atoms with Crippen molar-refractivity contribution in [3.63, 3.8) is 0 Å². The minimum atomic E-state index is -4.64. The number of halogens is 5. The first-order valence-corrected chi connectivity index (χ1v) is 11.6. The zero-order chi connectivity index (χ0) is 27.0. The molecule has 0 spiro atoms. The Morgan fingerprint density at radius 1 is 1.03 bits per heavy atom. The summed E-state index contributed by atoms with van der Waals surface area (Å²) in [6, 6.07) is 7.49. The molecule has 0 aromatic heterocycles. The van der Waals surface area contributed by atoms with Gasteiger partial charge in [-0.2, -0.15) is 13.2 Å². The van der Waals surface area contributed by atoms with Gasteiger partial charge in [0.25, 0.3) is 0 Å². The summed E-state index contributed by atoms with van der Waals surface area (Å²) >= 11 is 5.89. The van der Waals surface area contributed by atoms with Crippen LogP contribution in [0.25, 0.3) is 0 Å². The number of hydrogen-bond acceptors (Lipinski definition) is 3. The van der Waals surface area contributed by atoms with Crippen LogP contribution in [0, 0.1) is 5.82 Å². The molecule has 3 rings (SSSR count). The Morgan fingerprint density at radius 2 is 1.64 bits per heavy atom. The van der Waals surface area contributed by atoms with Crippen molar-refractivity contribution in [3.8, 4) is 0 Å².